The van der Waals surface area contributed by atoms with Crippen LogP contribution < -0.4 is 0 Å². The van der Waals surface area contributed by atoms with Gasteiger partial charge < -0.3 is 0 Å². The molecule has 0 aliphatic rings. The van der Waals surface area contributed by atoms with Gasteiger partial charge in [0.25, 0.3) is 0 Å². The van der Waals surface area contributed by atoms with Gasteiger partial charge in [0.15, 0.2) is 0 Å². The molecule has 0 aliphatic carbocycles. The van der Waals surface area contributed by atoms with Crippen molar-refractivity contribution in [3.63, 3.8) is 0 Å². The molecular formula is C14H21Br. The Bertz CT molecular complexity index is 287. The highest BCUT2D eigenvalue weighted by atomic mass is 79.9. The van der Waals surface area contributed by atoms with Crippen LogP contribution in [0.4, 0.5) is 0 Å². The summed E-state index contributed by atoms with van der Waals surface area (Å²) in [7, 11) is 0. The summed E-state index contributed by atoms with van der Waals surface area (Å²) in [5.41, 5.74) is 2.79. The average Bonchev–Trinajstić information content (AvgIpc) is 2.21. The molecule has 0 aliphatic heterocycles. The molecule has 1 aromatic rings. The molecule has 84 valence electrons. The molecule has 0 spiro atoms. The van der Waals surface area contributed by atoms with Crippen molar-refractivity contribution in [3.8, 4) is 0 Å². The Hall–Kier alpha value is -0.300. The van der Waals surface area contributed by atoms with Crippen LogP contribution in [0.1, 0.15) is 44.2 Å². The molecule has 0 amide bonds. The van der Waals surface area contributed by atoms with E-state index in [0.717, 1.165) is 0 Å². The third-order valence-corrected chi connectivity index (χ3v) is 4.66. The maximum Gasteiger partial charge on any atom is 0.0237 e. The molecule has 0 aromatic heterocycles. The average molecular weight is 269 g/mol. The van der Waals surface area contributed by atoms with Crippen LogP contribution in [0.2, 0.25) is 0 Å². The first-order valence-electron chi connectivity index (χ1n) is 5.76. The van der Waals surface area contributed by atoms with Crippen molar-refractivity contribution in [2.75, 3.05) is 0 Å². The first-order chi connectivity index (χ1) is 7.06. The van der Waals surface area contributed by atoms with E-state index >= 15 is 0 Å². The van der Waals surface area contributed by atoms with Gasteiger partial charge >= 0.3 is 0 Å². The van der Waals surface area contributed by atoms with Crippen molar-refractivity contribution in [2.24, 2.45) is 5.92 Å². The number of aryl methyl sites for hydroxylation is 1. The van der Waals surface area contributed by atoms with E-state index in [9.17, 15) is 0 Å². The fraction of sp³-hybridized carbons (Fsp3) is 0.571. The van der Waals surface area contributed by atoms with Gasteiger partial charge in [0.05, 0.1) is 0 Å². The van der Waals surface area contributed by atoms with Crippen LogP contribution in [-0.2, 0) is 0 Å². The summed E-state index contributed by atoms with van der Waals surface area (Å²) in [5.74, 6) is 1.31. The summed E-state index contributed by atoms with van der Waals surface area (Å²) in [6, 6.07) is 8.94. The van der Waals surface area contributed by atoms with E-state index in [1.54, 1.807) is 0 Å². The molecule has 2 unspecified atom stereocenters. The minimum absolute atomic E-state index is 0.574. The van der Waals surface area contributed by atoms with Crippen molar-refractivity contribution in [2.45, 2.75) is 44.9 Å². The molecule has 0 saturated carbocycles. The number of alkyl halides is 1. The van der Waals surface area contributed by atoms with Gasteiger partial charge in [0.2, 0.25) is 0 Å². The van der Waals surface area contributed by atoms with Gasteiger partial charge in [0, 0.05) is 4.83 Å². The quantitative estimate of drug-likeness (QED) is 0.681. The first kappa shape index (κ1) is 12.8. The summed E-state index contributed by atoms with van der Waals surface area (Å²) in [5, 5.41) is 0. The zero-order valence-corrected chi connectivity index (χ0v) is 11.7. The summed E-state index contributed by atoms with van der Waals surface area (Å²) in [6.45, 7) is 8.95. The number of rotatable bonds is 4. The van der Waals surface area contributed by atoms with Crippen molar-refractivity contribution in [1.82, 2.24) is 0 Å². The van der Waals surface area contributed by atoms with Gasteiger partial charge in [-0.2, -0.15) is 0 Å². The van der Waals surface area contributed by atoms with E-state index in [2.05, 4.69) is 67.9 Å². The molecule has 0 heterocycles. The maximum absolute atomic E-state index is 3.82. The number of halogens is 1. The number of hydrogen-bond acceptors (Lipinski definition) is 0. The SMILES string of the molecule is CCC(c1ccc(C)cc1)C(Br)C(C)C. The largest absolute Gasteiger partial charge is 0.0881 e. The maximum atomic E-state index is 3.82. The Labute approximate surface area is 102 Å². The Morgan fingerprint density at radius 3 is 2.07 bits per heavy atom. The van der Waals surface area contributed by atoms with Crippen molar-refractivity contribution < 1.29 is 0 Å². The first-order valence-corrected chi connectivity index (χ1v) is 6.68. The predicted octanol–water partition coefficient (Wildman–Crippen LogP) is 4.91. The van der Waals surface area contributed by atoms with Crippen LogP contribution >= 0.6 is 15.9 Å². The highest BCUT2D eigenvalue weighted by Crippen LogP contribution is 2.32. The molecule has 0 bridgehead atoms. The summed E-state index contributed by atoms with van der Waals surface area (Å²) < 4.78 is 0. The molecule has 1 aromatic carbocycles. The lowest BCUT2D eigenvalue weighted by atomic mass is 9.88. The smallest absolute Gasteiger partial charge is 0.0237 e. The van der Waals surface area contributed by atoms with Gasteiger partial charge in [-0.15, -0.1) is 0 Å². The fourth-order valence-corrected chi connectivity index (χ4v) is 2.60. The molecule has 0 saturated heterocycles. The van der Waals surface area contributed by atoms with Gasteiger partial charge in [0.1, 0.15) is 0 Å². The molecule has 0 nitrogen and oxygen atoms in total. The minimum atomic E-state index is 0.574. The molecule has 0 radical (unpaired) electrons. The van der Waals surface area contributed by atoms with Crippen molar-refractivity contribution >= 4 is 15.9 Å². The van der Waals surface area contributed by atoms with E-state index in [1.807, 2.05) is 0 Å². The highest BCUT2D eigenvalue weighted by molar-refractivity contribution is 9.09. The second-order valence-electron chi connectivity index (χ2n) is 4.61. The molecule has 1 heteroatoms. The molecule has 2 atom stereocenters. The van der Waals surface area contributed by atoms with E-state index in [0.29, 0.717) is 16.7 Å². The monoisotopic (exact) mass is 268 g/mol. The predicted molar refractivity (Wildman–Crippen MR) is 71.8 cm³/mol. The lowest BCUT2D eigenvalue weighted by Gasteiger charge is -2.24. The highest BCUT2D eigenvalue weighted by Gasteiger charge is 2.21. The van der Waals surface area contributed by atoms with Gasteiger partial charge in [-0.05, 0) is 30.7 Å². The molecule has 1 rings (SSSR count). The zero-order valence-electron chi connectivity index (χ0n) is 10.1. The van der Waals surface area contributed by atoms with Gasteiger partial charge in [-0.1, -0.05) is 66.5 Å². The van der Waals surface area contributed by atoms with Gasteiger partial charge in [-0.3, -0.25) is 0 Å². The Morgan fingerprint density at radius 2 is 1.67 bits per heavy atom. The van der Waals surface area contributed by atoms with Crippen LogP contribution in [0.15, 0.2) is 24.3 Å². The molecule has 0 N–H and O–H groups in total. The van der Waals surface area contributed by atoms with E-state index in [4.69, 9.17) is 0 Å². The minimum Gasteiger partial charge on any atom is -0.0881 e. The molecule has 15 heavy (non-hydrogen) atoms. The zero-order chi connectivity index (χ0) is 11.4. The third-order valence-electron chi connectivity index (χ3n) is 2.97. The Morgan fingerprint density at radius 1 is 1.13 bits per heavy atom. The second-order valence-corrected chi connectivity index (χ2v) is 5.67. The third kappa shape index (κ3) is 3.34. The standard InChI is InChI=1S/C14H21Br/c1-5-13(14(15)10(2)3)12-8-6-11(4)7-9-12/h6-10,13-14H,5H2,1-4H3. The summed E-state index contributed by atoms with van der Waals surface area (Å²) in [4.78, 5) is 0.574. The lowest BCUT2D eigenvalue weighted by molar-refractivity contribution is 0.514. The van der Waals surface area contributed by atoms with E-state index in [-0.39, 0.29) is 0 Å². The number of hydrogen-bond donors (Lipinski definition) is 0. The van der Waals surface area contributed by atoms with Crippen LogP contribution in [0, 0.1) is 12.8 Å². The van der Waals surface area contributed by atoms with Crippen molar-refractivity contribution in [1.29, 1.82) is 0 Å². The van der Waals surface area contributed by atoms with Crippen LogP contribution in [-0.4, -0.2) is 4.83 Å². The fourth-order valence-electron chi connectivity index (χ4n) is 1.92. The second kappa shape index (κ2) is 5.69. The Kier molecular flexibility index (Phi) is 4.85. The topological polar surface area (TPSA) is 0 Å². The van der Waals surface area contributed by atoms with Crippen LogP contribution in [0.25, 0.3) is 0 Å². The van der Waals surface area contributed by atoms with E-state index in [1.165, 1.54) is 17.5 Å². The van der Waals surface area contributed by atoms with Crippen LogP contribution in [0.3, 0.4) is 0 Å². The van der Waals surface area contributed by atoms with Gasteiger partial charge in [-0.25, -0.2) is 0 Å². The molecular weight excluding hydrogens is 248 g/mol. The summed E-state index contributed by atoms with van der Waals surface area (Å²) >= 11 is 3.82. The number of benzene rings is 1. The lowest BCUT2D eigenvalue weighted by Crippen LogP contribution is -2.17. The molecule has 0 fully saturated rings. The summed E-state index contributed by atoms with van der Waals surface area (Å²) in [6.07, 6.45) is 1.19. The van der Waals surface area contributed by atoms with E-state index < -0.39 is 0 Å². The Balaban J connectivity index is 2.87. The normalized spacial score (nSPS) is 15.3. The van der Waals surface area contributed by atoms with Crippen LogP contribution in [0.5, 0.6) is 0 Å². The van der Waals surface area contributed by atoms with Crippen molar-refractivity contribution in [3.05, 3.63) is 35.4 Å².